The zero-order valence-corrected chi connectivity index (χ0v) is 16.2. The van der Waals surface area contributed by atoms with Gasteiger partial charge in [-0.2, -0.15) is 0 Å². The van der Waals surface area contributed by atoms with Crippen molar-refractivity contribution in [2.45, 2.75) is 83.5 Å². The summed E-state index contributed by atoms with van der Waals surface area (Å²) in [5.74, 6) is 0. The van der Waals surface area contributed by atoms with Crippen molar-refractivity contribution in [3.05, 3.63) is 0 Å². The van der Waals surface area contributed by atoms with Crippen LogP contribution in [0.2, 0.25) is 0 Å². The molecule has 0 atom stereocenters. The Morgan fingerprint density at radius 2 is 1.00 bits per heavy atom. The molecule has 6 heteroatoms. The molecule has 0 aromatic carbocycles. The topological polar surface area (TPSA) is 66.8 Å². The second-order valence-electron chi connectivity index (χ2n) is 5.61. The summed E-state index contributed by atoms with van der Waals surface area (Å²) in [6, 6.07) is 0. The molecular weight excluding hydrogens is 402 g/mol. The van der Waals surface area contributed by atoms with Crippen molar-refractivity contribution in [3.8, 4) is 0 Å². The second kappa shape index (κ2) is 15.7. The highest BCUT2D eigenvalue weighted by atomic mass is 127. The Morgan fingerprint density at radius 1 is 0.667 bits per heavy atom. The first-order chi connectivity index (χ1) is 10.1. The van der Waals surface area contributed by atoms with Gasteiger partial charge in [-0.1, -0.05) is 93.2 Å². The first-order valence-electron chi connectivity index (χ1n) is 8.32. The van der Waals surface area contributed by atoms with E-state index >= 15 is 0 Å². The van der Waals surface area contributed by atoms with E-state index < -0.39 is 7.82 Å². The molecule has 21 heavy (non-hydrogen) atoms. The van der Waals surface area contributed by atoms with Gasteiger partial charge < -0.3 is 9.79 Å². The number of hydrogen-bond donors (Lipinski definition) is 2. The van der Waals surface area contributed by atoms with Crippen molar-refractivity contribution in [2.75, 3.05) is 11.0 Å². The molecule has 0 aromatic heterocycles. The third kappa shape index (κ3) is 20.8. The Bertz CT molecular complexity index is 258. The predicted octanol–water partition coefficient (Wildman–Crippen LogP) is 5.60. The minimum atomic E-state index is -4.25. The first-order valence-corrected chi connectivity index (χ1v) is 11.4. The van der Waals surface area contributed by atoms with Crippen LogP contribution in [-0.4, -0.2) is 20.8 Å². The predicted molar refractivity (Wildman–Crippen MR) is 96.9 cm³/mol. The van der Waals surface area contributed by atoms with Crippen molar-refractivity contribution in [1.29, 1.82) is 0 Å². The molecule has 0 fully saturated rings. The molecule has 4 nitrogen and oxygen atoms in total. The van der Waals surface area contributed by atoms with E-state index in [1.165, 1.54) is 68.6 Å². The van der Waals surface area contributed by atoms with Crippen LogP contribution in [0.3, 0.4) is 0 Å². The van der Waals surface area contributed by atoms with Gasteiger partial charge in [-0.3, -0.25) is 4.52 Å². The van der Waals surface area contributed by atoms with Crippen molar-refractivity contribution in [1.82, 2.24) is 0 Å². The number of phosphoric acid groups is 1. The minimum absolute atomic E-state index is 0.168. The summed E-state index contributed by atoms with van der Waals surface area (Å²) in [6.07, 6.45) is 16.4. The maximum atomic E-state index is 10.4. The summed E-state index contributed by atoms with van der Waals surface area (Å²) >= 11 is 2.45. The van der Waals surface area contributed by atoms with Crippen molar-refractivity contribution < 1.29 is 18.9 Å². The Hall–Kier alpha value is 0.840. The second-order valence-corrected chi connectivity index (χ2v) is 7.93. The van der Waals surface area contributed by atoms with Crippen LogP contribution in [0.1, 0.15) is 83.5 Å². The molecule has 0 unspecified atom stereocenters. The molecule has 0 saturated carbocycles. The summed E-state index contributed by atoms with van der Waals surface area (Å²) in [4.78, 5) is 17.0. The summed E-state index contributed by atoms with van der Waals surface area (Å²) in [5.41, 5.74) is 0. The molecule has 0 aliphatic heterocycles. The quantitative estimate of drug-likeness (QED) is 0.144. The molecule has 0 aromatic rings. The van der Waals surface area contributed by atoms with E-state index in [0.29, 0.717) is 0 Å². The Labute approximate surface area is 143 Å². The van der Waals surface area contributed by atoms with E-state index in [-0.39, 0.29) is 6.61 Å². The summed E-state index contributed by atoms with van der Waals surface area (Å²) in [6.45, 7) is 0.168. The maximum Gasteiger partial charge on any atom is 0.469 e. The zero-order valence-electron chi connectivity index (χ0n) is 13.1. The fraction of sp³-hybridized carbons (Fsp3) is 1.00. The molecule has 128 valence electrons. The molecule has 0 spiro atoms. The van der Waals surface area contributed by atoms with E-state index in [0.717, 1.165) is 19.3 Å². The van der Waals surface area contributed by atoms with E-state index in [9.17, 15) is 4.57 Å². The smallest absolute Gasteiger partial charge is 0.303 e. The number of rotatable bonds is 16. The molecule has 0 aliphatic rings. The largest absolute Gasteiger partial charge is 0.469 e. The van der Waals surface area contributed by atoms with Gasteiger partial charge in [-0.25, -0.2) is 4.57 Å². The highest BCUT2D eigenvalue weighted by Gasteiger charge is 2.12. The fourth-order valence-electron chi connectivity index (χ4n) is 2.32. The van der Waals surface area contributed by atoms with Gasteiger partial charge in [0.05, 0.1) is 6.61 Å². The van der Waals surface area contributed by atoms with Gasteiger partial charge in [0.1, 0.15) is 0 Å². The van der Waals surface area contributed by atoms with Gasteiger partial charge in [-0.05, 0) is 17.3 Å². The normalized spacial score (nSPS) is 12.0. The van der Waals surface area contributed by atoms with Crippen LogP contribution in [0.25, 0.3) is 0 Å². The standard InChI is InChI=1S/C15H32IO4P/c16-14-12-10-8-6-4-2-1-3-5-7-9-11-13-15-20-21(17,18)19/h1-15H2,(H2,17,18,19). The van der Waals surface area contributed by atoms with Crippen LogP contribution in [0.15, 0.2) is 0 Å². The van der Waals surface area contributed by atoms with Gasteiger partial charge in [0.15, 0.2) is 0 Å². The average molecular weight is 434 g/mol. The first kappa shape index (κ1) is 21.8. The number of unbranched alkanes of at least 4 members (excludes halogenated alkanes) is 12. The lowest BCUT2D eigenvalue weighted by Crippen LogP contribution is -1.92. The van der Waals surface area contributed by atoms with Crippen LogP contribution in [0, 0.1) is 0 Å². The lowest BCUT2D eigenvalue weighted by Gasteiger charge is -2.05. The molecule has 0 rings (SSSR count). The van der Waals surface area contributed by atoms with Gasteiger partial charge >= 0.3 is 7.82 Å². The molecule has 2 N–H and O–H groups in total. The van der Waals surface area contributed by atoms with Crippen molar-refractivity contribution >= 4 is 30.4 Å². The molecule has 0 radical (unpaired) electrons. The molecule has 0 amide bonds. The highest BCUT2D eigenvalue weighted by Crippen LogP contribution is 2.35. The van der Waals surface area contributed by atoms with E-state index in [2.05, 4.69) is 27.1 Å². The summed E-state index contributed by atoms with van der Waals surface area (Å²) < 4.78 is 16.1. The number of halogens is 1. The van der Waals surface area contributed by atoms with Gasteiger partial charge in [0, 0.05) is 0 Å². The lowest BCUT2D eigenvalue weighted by atomic mass is 10.0. The van der Waals surface area contributed by atoms with Crippen molar-refractivity contribution in [3.63, 3.8) is 0 Å². The maximum absolute atomic E-state index is 10.4. The summed E-state index contributed by atoms with van der Waals surface area (Å²) in [5, 5.41) is 0. The number of alkyl halides is 1. The van der Waals surface area contributed by atoms with E-state index in [4.69, 9.17) is 9.79 Å². The summed E-state index contributed by atoms with van der Waals surface area (Å²) in [7, 11) is -4.25. The Morgan fingerprint density at radius 3 is 1.33 bits per heavy atom. The van der Waals surface area contributed by atoms with Crippen LogP contribution in [0.4, 0.5) is 0 Å². The van der Waals surface area contributed by atoms with Crippen LogP contribution in [0.5, 0.6) is 0 Å². The van der Waals surface area contributed by atoms with Gasteiger partial charge in [0.2, 0.25) is 0 Å². The third-order valence-corrected chi connectivity index (χ3v) is 4.82. The Balaban J connectivity index is 3.01. The SMILES string of the molecule is O=P(O)(O)OCCCCCCCCCCCCCCCI. The fourth-order valence-corrected chi connectivity index (χ4v) is 3.23. The van der Waals surface area contributed by atoms with E-state index in [1.54, 1.807) is 0 Å². The van der Waals surface area contributed by atoms with Crippen LogP contribution >= 0.6 is 30.4 Å². The number of phosphoric ester groups is 1. The molecule has 0 bridgehead atoms. The highest BCUT2D eigenvalue weighted by molar-refractivity contribution is 14.1. The van der Waals surface area contributed by atoms with Crippen LogP contribution < -0.4 is 0 Å². The molecule has 0 saturated heterocycles. The van der Waals surface area contributed by atoms with Gasteiger partial charge in [-0.15, -0.1) is 0 Å². The average Bonchev–Trinajstić information content (AvgIpc) is 2.42. The van der Waals surface area contributed by atoms with Crippen LogP contribution in [-0.2, 0) is 9.09 Å². The van der Waals surface area contributed by atoms with E-state index in [1.807, 2.05) is 0 Å². The third-order valence-electron chi connectivity index (χ3n) is 3.54. The van der Waals surface area contributed by atoms with Gasteiger partial charge in [0.25, 0.3) is 0 Å². The molecule has 0 heterocycles. The zero-order chi connectivity index (χ0) is 15.8. The Kier molecular flexibility index (Phi) is 16.4. The monoisotopic (exact) mass is 434 g/mol. The minimum Gasteiger partial charge on any atom is -0.303 e. The van der Waals surface area contributed by atoms with Crippen molar-refractivity contribution in [2.24, 2.45) is 0 Å². The molecule has 0 aliphatic carbocycles. The molecular formula is C15H32IO4P. The number of hydrogen-bond acceptors (Lipinski definition) is 2. The lowest BCUT2D eigenvalue weighted by molar-refractivity contribution is 0.193.